The fraction of sp³-hybridized carbons (Fsp3) is 0.529. The average molecular weight is 273 g/mol. The van der Waals surface area contributed by atoms with Gasteiger partial charge in [-0.25, -0.2) is 0 Å². The summed E-state index contributed by atoms with van der Waals surface area (Å²) in [6, 6.07) is 4.35. The summed E-state index contributed by atoms with van der Waals surface area (Å²) in [5.41, 5.74) is 3.26. The summed E-state index contributed by atoms with van der Waals surface area (Å²) < 4.78 is 12.2. The van der Waals surface area contributed by atoms with Crippen molar-refractivity contribution < 1.29 is 9.15 Å². The number of rotatable bonds is 4. The second-order valence-electron chi connectivity index (χ2n) is 6.30. The van der Waals surface area contributed by atoms with Crippen LogP contribution < -0.4 is 10.1 Å². The predicted molar refractivity (Wildman–Crippen MR) is 81.4 cm³/mol. The van der Waals surface area contributed by atoms with Gasteiger partial charge in [-0.05, 0) is 39.3 Å². The largest absolute Gasteiger partial charge is 0.483 e. The summed E-state index contributed by atoms with van der Waals surface area (Å²) in [4.78, 5) is 0. The monoisotopic (exact) mass is 273 g/mol. The van der Waals surface area contributed by atoms with Gasteiger partial charge in [0.15, 0.2) is 11.3 Å². The normalized spacial score (nSPS) is 16.4. The molecule has 2 aromatic rings. The van der Waals surface area contributed by atoms with E-state index in [0.29, 0.717) is 0 Å². The second-order valence-corrected chi connectivity index (χ2v) is 6.30. The van der Waals surface area contributed by atoms with Crippen molar-refractivity contribution in [1.29, 1.82) is 0 Å². The van der Waals surface area contributed by atoms with E-state index in [4.69, 9.17) is 9.15 Å². The third-order valence-electron chi connectivity index (χ3n) is 3.95. The molecule has 1 aliphatic heterocycles. The second kappa shape index (κ2) is 4.81. The number of hydrogen-bond acceptors (Lipinski definition) is 3. The summed E-state index contributed by atoms with van der Waals surface area (Å²) in [5.74, 6) is 1.97. The average Bonchev–Trinajstić information content (AvgIpc) is 2.87. The molecule has 0 radical (unpaired) electrons. The zero-order valence-electron chi connectivity index (χ0n) is 12.8. The zero-order valence-corrected chi connectivity index (χ0v) is 12.8. The summed E-state index contributed by atoms with van der Waals surface area (Å²) in [6.07, 6.45) is 2.08. The third-order valence-corrected chi connectivity index (χ3v) is 3.95. The van der Waals surface area contributed by atoms with Gasteiger partial charge in [0.25, 0.3) is 0 Å². The maximum atomic E-state index is 6.09. The van der Waals surface area contributed by atoms with Crippen LogP contribution in [0.15, 0.2) is 16.5 Å². The number of hydrogen-bond donors (Lipinski definition) is 1. The Hall–Kier alpha value is -1.48. The highest BCUT2D eigenvalue weighted by Gasteiger charge is 2.33. The van der Waals surface area contributed by atoms with Crippen molar-refractivity contribution in [3.63, 3.8) is 0 Å². The van der Waals surface area contributed by atoms with E-state index < -0.39 is 0 Å². The van der Waals surface area contributed by atoms with Gasteiger partial charge in [0.2, 0.25) is 0 Å². The van der Waals surface area contributed by atoms with E-state index in [2.05, 4.69) is 45.1 Å². The highest BCUT2D eigenvalue weighted by atomic mass is 16.5. The molecule has 0 bridgehead atoms. The molecule has 3 heteroatoms. The van der Waals surface area contributed by atoms with Gasteiger partial charge in [-0.2, -0.15) is 0 Å². The van der Waals surface area contributed by atoms with Gasteiger partial charge >= 0.3 is 0 Å². The lowest BCUT2D eigenvalue weighted by Gasteiger charge is -2.16. The van der Waals surface area contributed by atoms with E-state index in [9.17, 15) is 0 Å². The molecule has 0 amide bonds. The topological polar surface area (TPSA) is 34.4 Å². The molecule has 0 aliphatic carbocycles. The van der Waals surface area contributed by atoms with E-state index in [1.165, 1.54) is 16.5 Å². The van der Waals surface area contributed by atoms with Crippen molar-refractivity contribution in [2.24, 2.45) is 0 Å². The van der Waals surface area contributed by atoms with Gasteiger partial charge in [-0.1, -0.05) is 19.1 Å². The van der Waals surface area contributed by atoms with Gasteiger partial charge in [0.1, 0.15) is 11.4 Å². The maximum Gasteiger partial charge on any atom is 0.176 e. The molecule has 0 saturated heterocycles. The van der Waals surface area contributed by atoms with Crippen molar-refractivity contribution in [3.05, 3.63) is 29.0 Å². The fourth-order valence-corrected chi connectivity index (χ4v) is 2.92. The van der Waals surface area contributed by atoms with Crippen molar-refractivity contribution in [3.8, 4) is 5.75 Å². The number of benzene rings is 1. The molecule has 0 fully saturated rings. The van der Waals surface area contributed by atoms with Gasteiger partial charge in [-0.15, -0.1) is 0 Å². The number of furan rings is 1. The molecule has 3 rings (SSSR count). The number of fused-ring (bicyclic) bond motifs is 3. The van der Waals surface area contributed by atoms with Crippen molar-refractivity contribution in [2.45, 2.75) is 52.7 Å². The standard InChI is InChI=1S/C17H23NO2/c1-5-8-18-10-14-11(2)13-7-6-12-9-17(3,4)20-15(12)16(13)19-14/h6-7,18H,5,8-10H2,1-4H3. The lowest BCUT2D eigenvalue weighted by Crippen LogP contribution is -2.24. The van der Waals surface area contributed by atoms with Crippen LogP contribution in [0.1, 0.15) is 44.1 Å². The molecule has 0 atom stereocenters. The molecular formula is C17H23NO2. The Bertz CT molecular complexity index is 640. The first-order valence-electron chi connectivity index (χ1n) is 7.45. The summed E-state index contributed by atoms with van der Waals surface area (Å²) in [6.45, 7) is 10.3. The molecule has 108 valence electrons. The van der Waals surface area contributed by atoms with E-state index in [1.807, 2.05) is 0 Å². The highest BCUT2D eigenvalue weighted by molar-refractivity contribution is 5.89. The Labute approximate surface area is 120 Å². The third kappa shape index (κ3) is 2.20. The van der Waals surface area contributed by atoms with Crippen LogP contribution in [0.5, 0.6) is 5.75 Å². The quantitative estimate of drug-likeness (QED) is 0.856. The van der Waals surface area contributed by atoms with Gasteiger partial charge in [0, 0.05) is 17.4 Å². The molecule has 1 aliphatic rings. The molecular weight excluding hydrogens is 250 g/mol. The molecule has 1 aromatic heterocycles. The van der Waals surface area contributed by atoms with Crippen LogP contribution in [-0.4, -0.2) is 12.1 Å². The van der Waals surface area contributed by atoms with Gasteiger partial charge < -0.3 is 14.5 Å². The lowest BCUT2D eigenvalue weighted by atomic mass is 10.0. The number of ether oxygens (including phenoxy) is 1. The summed E-state index contributed by atoms with van der Waals surface area (Å²) >= 11 is 0. The molecule has 0 unspecified atom stereocenters. The van der Waals surface area contributed by atoms with E-state index in [1.54, 1.807) is 0 Å². The van der Waals surface area contributed by atoms with Crippen molar-refractivity contribution in [1.82, 2.24) is 5.32 Å². The molecule has 0 spiro atoms. The fourth-order valence-electron chi connectivity index (χ4n) is 2.92. The number of nitrogens with one attached hydrogen (secondary N) is 1. The van der Waals surface area contributed by atoms with Crippen LogP contribution >= 0.6 is 0 Å². The first-order valence-corrected chi connectivity index (χ1v) is 7.45. The molecule has 1 aromatic carbocycles. The van der Waals surface area contributed by atoms with Crippen LogP contribution in [0.25, 0.3) is 11.0 Å². The Kier molecular flexibility index (Phi) is 3.25. The summed E-state index contributed by atoms with van der Waals surface area (Å²) in [5, 5.41) is 4.58. The van der Waals surface area contributed by atoms with Crippen LogP contribution in [0, 0.1) is 6.92 Å². The minimum atomic E-state index is -0.127. The molecule has 2 heterocycles. The first kappa shape index (κ1) is 13.5. The summed E-state index contributed by atoms with van der Waals surface area (Å²) in [7, 11) is 0. The van der Waals surface area contributed by atoms with E-state index >= 15 is 0 Å². The minimum Gasteiger partial charge on any atom is -0.483 e. The van der Waals surface area contributed by atoms with E-state index in [-0.39, 0.29) is 5.60 Å². The van der Waals surface area contributed by atoms with Crippen LogP contribution in [-0.2, 0) is 13.0 Å². The highest BCUT2D eigenvalue weighted by Crippen LogP contribution is 2.42. The van der Waals surface area contributed by atoms with Crippen molar-refractivity contribution in [2.75, 3.05) is 6.54 Å². The van der Waals surface area contributed by atoms with Gasteiger partial charge in [-0.3, -0.25) is 0 Å². The van der Waals surface area contributed by atoms with Gasteiger partial charge in [0.05, 0.1) is 6.54 Å². The maximum absolute atomic E-state index is 6.09. The lowest BCUT2D eigenvalue weighted by molar-refractivity contribution is 0.138. The van der Waals surface area contributed by atoms with Crippen LogP contribution in [0.3, 0.4) is 0 Å². The SMILES string of the molecule is CCCNCc1oc2c3c(ccc2c1C)CC(C)(C)O3. The Morgan fingerprint density at radius 1 is 1.30 bits per heavy atom. The van der Waals surface area contributed by atoms with Crippen LogP contribution in [0.2, 0.25) is 0 Å². The Morgan fingerprint density at radius 3 is 2.85 bits per heavy atom. The van der Waals surface area contributed by atoms with E-state index in [0.717, 1.165) is 43.0 Å². The first-order chi connectivity index (χ1) is 9.52. The molecule has 20 heavy (non-hydrogen) atoms. The Morgan fingerprint density at radius 2 is 2.10 bits per heavy atom. The van der Waals surface area contributed by atoms with Crippen molar-refractivity contribution >= 4 is 11.0 Å². The molecule has 1 N–H and O–H groups in total. The van der Waals surface area contributed by atoms with Crippen LogP contribution in [0.4, 0.5) is 0 Å². The Balaban J connectivity index is 2.00. The molecule has 3 nitrogen and oxygen atoms in total. The molecule has 0 saturated carbocycles. The zero-order chi connectivity index (χ0) is 14.3. The predicted octanol–water partition coefficient (Wildman–Crippen LogP) is 3.95. The minimum absolute atomic E-state index is 0.127. The smallest absolute Gasteiger partial charge is 0.176 e. The number of aryl methyl sites for hydroxylation is 1.